The number of thioether (sulfide) groups is 1. The number of hydrogen-bond donors (Lipinski definition) is 0. The van der Waals surface area contributed by atoms with Gasteiger partial charge in [0.1, 0.15) is 5.76 Å². The van der Waals surface area contributed by atoms with E-state index in [1.54, 1.807) is 23.9 Å². The minimum atomic E-state index is -3.57. The Balaban J connectivity index is 1.40. The molecule has 0 amide bonds. The molecule has 1 fully saturated rings. The van der Waals surface area contributed by atoms with Crippen LogP contribution in [0.3, 0.4) is 0 Å². The molecule has 4 aromatic rings. The predicted molar refractivity (Wildman–Crippen MR) is 131 cm³/mol. The first-order valence-corrected chi connectivity index (χ1v) is 13.6. The Morgan fingerprint density at radius 3 is 2.56 bits per heavy atom. The maximum Gasteiger partial charge on any atom is 0.243 e. The molecule has 0 saturated carbocycles. The van der Waals surface area contributed by atoms with Crippen molar-refractivity contribution in [1.29, 1.82) is 0 Å². The maximum absolute atomic E-state index is 13.1. The second-order valence-electron chi connectivity index (χ2n) is 7.98. The Labute approximate surface area is 203 Å². The molecule has 0 spiro atoms. The summed E-state index contributed by atoms with van der Waals surface area (Å²) < 4.78 is 40.9. The molecular formula is C24H26N4O4S2. The molecule has 1 saturated heterocycles. The molecule has 3 heterocycles. The molecule has 5 rings (SSSR count). The van der Waals surface area contributed by atoms with Gasteiger partial charge in [0.2, 0.25) is 15.9 Å². The number of ether oxygens (including phenoxy) is 1. The Morgan fingerprint density at radius 1 is 1.06 bits per heavy atom. The van der Waals surface area contributed by atoms with E-state index < -0.39 is 10.0 Å². The van der Waals surface area contributed by atoms with Gasteiger partial charge in [-0.15, -0.1) is 0 Å². The van der Waals surface area contributed by atoms with Gasteiger partial charge in [0, 0.05) is 31.0 Å². The first kappa shape index (κ1) is 23.1. The van der Waals surface area contributed by atoms with Crippen LogP contribution in [0.2, 0.25) is 0 Å². The lowest BCUT2D eigenvalue weighted by molar-refractivity contribution is 0.0730. The average molecular weight is 499 g/mol. The third-order valence-corrected chi connectivity index (χ3v) is 8.74. The molecule has 0 bridgehead atoms. The summed E-state index contributed by atoms with van der Waals surface area (Å²) in [6.45, 7) is 6.26. The SMILES string of the molecule is CCn1c(SCc2nc(-c3ccccc3)oc2C)nc2cc(S(=O)(=O)N3CCOCC3)ccc21. The van der Waals surface area contributed by atoms with Crippen molar-refractivity contribution in [3.8, 4) is 11.5 Å². The molecule has 0 aliphatic carbocycles. The van der Waals surface area contributed by atoms with Crippen molar-refractivity contribution in [1.82, 2.24) is 18.8 Å². The molecule has 2 aromatic heterocycles. The van der Waals surface area contributed by atoms with Gasteiger partial charge in [-0.1, -0.05) is 30.0 Å². The van der Waals surface area contributed by atoms with Crippen LogP contribution >= 0.6 is 11.8 Å². The molecule has 34 heavy (non-hydrogen) atoms. The topological polar surface area (TPSA) is 90.5 Å². The lowest BCUT2D eigenvalue weighted by Crippen LogP contribution is -2.40. The van der Waals surface area contributed by atoms with Crippen LogP contribution in [0.1, 0.15) is 18.4 Å². The molecule has 0 N–H and O–H groups in total. The monoisotopic (exact) mass is 498 g/mol. The van der Waals surface area contributed by atoms with Crippen LogP contribution in [0.25, 0.3) is 22.5 Å². The Bertz CT molecular complexity index is 1410. The number of oxazole rings is 1. The largest absolute Gasteiger partial charge is 0.441 e. The molecule has 0 unspecified atom stereocenters. The van der Waals surface area contributed by atoms with Crippen LogP contribution < -0.4 is 0 Å². The molecule has 10 heteroatoms. The van der Waals surface area contributed by atoms with Gasteiger partial charge < -0.3 is 13.7 Å². The number of aryl methyl sites for hydroxylation is 2. The summed E-state index contributed by atoms with van der Waals surface area (Å²) in [7, 11) is -3.57. The number of hydrogen-bond acceptors (Lipinski definition) is 7. The van der Waals surface area contributed by atoms with E-state index in [4.69, 9.17) is 14.1 Å². The lowest BCUT2D eigenvalue weighted by Gasteiger charge is -2.26. The molecule has 0 atom stereocenters. The van der Waals surface area contributed by atoms with Crippen LogP contribution in [0, 0.1) is 6.92 Å². The van der Waals surface area contributed by atoms with Crippen molar-refractivity contribution in [2.75, 3.05) is 26.3 Å². The number of aromatic nitrogens is 3. The van der Waals surface area contributed by atoms with Gasteiger partial charge in [0.05, 0.1) is 34.8 Å². The summed E-state index contributed by atoms with van der Waals surface area (Å²) in [6.07, 6.45) is 0. The molecular weight excluding hydrogens is 472 g/mol. The predicted octanol–water partition coefficient (Wildman–Crippen LogP) is 4.33. The third-order valence-electron chi connectivity index (χ3n) is 5.86. The molecule has 8 nitrogen and oxygen atoms in total. The van der Waals surface area contributed by atoms with Gasteiger partial charge in [-0.25, -0.2) is 18.4 Å². The zero-order valence-corrected chi connectivity index (χ0v) is 20.7. The minimum Gasteiger partial charge on any atom is -0.441 e. The van der Waals surface area contributed by atoms with Crippen molar-refractivity contribution in [3.63, 3.8) is 0 Å². The van der Waals surface area contributed by atoms with Crippen molar-refractivity contribution in [2.24, 2.45) is 0 Å². The van der Waals surface area contributed by atoms with E-state index in [9.17, 15) is 8.42 Å². The normalized spacial score (nSPS) is 15.2. The van der Waals surface area contributed by atoms with Crippen molar-refractivity contribution < 1.29 is 17.6 Å². The van der Waals surface area contributed by atoms with E-state index in [1.807, 2.05) is 43.3 Å². The number of rotatable bonds is 7. The summed E-state index contributed by atoms with van der Waals surface area (Å²) in [5.74, 6) is 1.99. The summed E-state index contributed by atoms with van der Waals surface area (Å²) in [6, 6.07) is 15.0. The maximum atomic E-state index is 13.1. The number of nitrogens with zero attached hydrogens (tertiary/aromatic N) is 4. The quantitative estimate of drug-likeness (QED) is 0.350. The second kappa shape index (κ2) is 9.53. The van der Waals surface area contributed by atoms with Gasteiger partial charge in [0.25, 0.3) is 0 Å². The number of fused-ring (bicyclic) bond motifs is 1. The number of morpholine rings is 1. The third kappa shape index (κ3) is 4.38. The van der Waals surface area contributed by atoms with E-state index in [0.29, 0.717) is 43.5 Å². The van der Waals surface area contributed by atoms with Crippen molar-refractivity contribution in [2.45, 2.75) is 36.2 Å². The van der Waals surface area contributed by atoms with Crippen LogP contribution in [0.4, 0.5) is 0 Å². The van der Waals surface area contributed by atoms with Crippen LogP contribution in [-0.4, -0.2) is 53.6 Å². The number of benzene rings is 2. The molecule has 0 radical (unpaired) electrons. The highest BCUT2D eigenvalue weighted by Crippen LogP contribution is 2.31. The highest BCUT2D eigenvalue weighted by molar-refractivity contribution is 7.98. The lowest BCUT2D eigenvalue weighted by atomic mass is 10.2. The van der Waals surface area contributed by atoms with Crippen molar-refractivity contribution >= 4 is 32.8 Å². The number of imidazole rings is 1. The van der Waals surface area contributed by atoms with Crippen LogP contribution in [0.15, 0.2) is 63.0 Å². The summed E-state index contributed by atoms with van der Waals surface area (Å²) in [5, 5.41) is 0.821. The van der Waals surface area contributed by atoms with Gasteiger partial charge in [-0.3, -0.25) is 0 Å². The smallest absolute Gasteiger partial charge is 0.243 e. The molecule has 1 aliphatic heterocycles. The van der Waals surface area contributed by atoms with Gasteiger partial charge in [-0.2, -0.15) is 4.31 Å². The molecule has 1 aliphatic rings. The van der Waals surface area contributed by atoms with Crippen LogP contribution in [0.5, 0.6) is 0 Å². The Hall–Kier alpha value is -2.66. The van der Waals surface area contributed by atoms with E-state index in [1.165, 1.54) is 4.31 Å². The Morgan fingerprint density at radius 2 is 1.82 bits per heavy atom. The molecule has 2 aromatic carbocycles. The fourth-order valence-electron chi connectivity index (χ4n) is 4.00. The van der Waals surface area contributed by atoms with E-state index >= 15 is 0 Å². The fraction of sp³-hybridized carbons (Fsp3) is 0.333. The zero-order valence-electron chi connectivity index (χ0n) is 19.1. The fourth-order valence-corrected chi connectivity index (χ4v) is 6.51. The van der Waals surface area contributed by atoms with E-state index in [2.05, 4.69) is 16.5 Å². The van der Waals surface area contributed by atoms with E-state index in [-0.39, 0.29) is 4.90 Å². The second-order valence-corrected chi connectivity index (χ2v) is 10.9. The summed E-state index contributed by atoms with van der Waals surface area (Å²) in [5.41, 5.74) is 3.39. The van der Waals surface area contributed by atoms with Gasteiger partial charge >= 0.3 is 0 Å². The number of sulfonamides is 1. The van der Waals surface area contributed by atoms with Gasteiger partial charge in [0.15, 0.2) is 5.16 Å². The van der Waals surface area contributed by atoms with Crippen molar-refractivity contribution in [3.05, 3.63) is 60.0 Å². The minimum absolute atomic E-state index is 0.263. The Kier molecular flexibility index (Phi) is 6.48. The highest BCUT2D eigenvalue weighted by Gasteiger charge is 2.27. The zero-order chi connectivity index (χ0) is 23.7. The average Bonchev–Trinajstić information content (AvgIpc) is 3.42. The van der Waals surface area contributed by atoms with Crippen LogP contribution in [-0.2, 0) is 27.1 Å². The molecule has 178 valence electrons. The first-order valence-electron chi connectivity index (χ1n) is 11.2. The summed E-state index contributed by atoms with van der Waals surface area (Å²) >= 11 is 1.57. The summed E-state index contributed by atoms with van der Waals surface area (Å²) in [4.78, 5) is 9.72. The first-order chi connectivity index (χ1) is 16.5. The van der Waals surface area contributed by atoms with Gasteiger partial charge in [-0.05, 0) is 44.2 Å². The highest BCUT2D eigenvalue weighted by atomic mass is 32.2. The standard InChI is InChI=1S/C24H26N4O4S2/c1-3-28-22-10-9-19(34(29,30)27-11-13-31-14-12-27)15-20(22)26-24(28)33-16-21-17(2)32-23(25-21)18-7-5-4-6-8-18/h4-10,15H,3,11-14,16H2,1-2H3. The van der Waals surface area contributed by atoms with E-state index in [0.717, 1.165) is 34.2 Å².